The number of nitrogens with zero attached hydrogens (tertiary/aromatic N) is 2. The number of hydrogen-bond donors (Lipinski definition) is 0. The van der Waals surface area contributed by atoms with Crippen molar-refractivity contribution in [3.63, 3.8) is 0 Å². The minimum absolute atomic E-state index is 0.0978. The van der Waals surface area contributed by atoms with Gasteiger partial charge < -0.3 is 9.64 Å². The van der Waals surface area contributed by atoms with E-state index in [1.807, 2.05) is 13.8 Å². The van der Waals surface area contributed by atoms with Crippen LogP contribution in [0.2, 0.25) is 0 Å². The van der Waals surface area contributed by atoms with E-state index in [0.29, 0.717) is 36.6 Å². The summed E-state index contributed by atoms with van der Waals surface area (Å²) in [5.41, 5.74) is 1.44. The monoisotopic (exact) mass is 352 g/mol. The number of carbonyl (C=O) groups is 1. The van der Waals surface area contributed by atoms with Gasteiger partial charge in [-0.2, -0.15) is 4.31 Å². The van der Waals surface area contributed by atoms with Gasteiger partial charge in [-0.25, -0.2) is 8.42 Å². The lowest BCUT2D eigenvalue weighted by molar-refractivity contribution is -0.117. The molecule has 2 unspecified atom stereocenters. The van der Waals surface area contributed by atoms with Crippen molar-refractivity contribution in [3.05, 3.63) is 23.8 Å². The van der Waals surface area contributed by atoms with E-state index in [0.717, 1.165) is 12.1 Å². The molecule has 3 rings (SSSR count). The standard InChI is InChI=1S/C17H24N2O4S/c1-12-9-15(18-8-4-5-17(18)20)6-7-16(12)24(21,22)19-10-14(3)23-11-13(19)2/h6-7,9,13-14H,4-5,8,10-11H2,1-3H3. The van der Waals surface area contributed by atoms with Crippen LogP contribution in [0.3, 0.4) is 0 Å². The van der Waals surface area contributed by atoms with Gasteiger partial charge in [-0.05, 0) is 51.0 Å². The molecule has 0 bridgehead atoms. The number of rotatable bonds is 3. The molecule has 0 aromatic heterocycles. The first kappa shape index (κ1) is 17.4. The maximum Gasteiger partial charge on any atom is 0.243 e. The van der Waals surface area contributed by atoms with Crippen LogP contribution in [0.1, 0.15) is 32.3 Å². The first-order valence-corrected chi connectivity index (χ1v) is 9.79. The summed E-state index contributed by atoms with van der Waals surface area (Å²) >= 11 is 0. The SMILES string of the molecule is Cc1cc(N2CCCC2=O)ccc1S(=O)(=O)N1CC(C)OCC1C. The lowest BCUT2D eigenvalue weighted by Gasteiger charge is -2.36. The van der Waals surface area contributed by atoms with Gasteiger partial charge in [0, 0.05) is 31.2 Å². The molecule has 1 amide bonds. The molecule has 0 radical (unpaired) electrons. The Morgan fingerprint density at radius 3 is 2.62 bits per heavy atom. The molecule has 0 saturated carbocycles. The fraction of sp³-hybridized carbons (Fsp3) is 0.588. The predicted octanol–water partition coefficient (Wildman–Crippen LogP) is 1.92. The second-order valence-electron chi connectivity index (χ2n) is 6.67. The van der Waals surface area contributed by atoms with E-state index in [1.165, 1.54) is 4.31 Å². The van der Waals surface area contributed by atoms with E-state index in [2.05, 4.69) is 0 Å². The molecular formula is C17H24N2O4S. The summed E-state index contributed by atoms with van der Waals surface area (Å²) in [6.07, 6.45) is 1.29. The van der Waals surface area contributed by atoms with Crippen molar-refractivity contribution in [2.24, 2.45) is 0 Å². The van der Waals surface area contributed by atoms with E-state index in [1.54, 1.807) is 30.0 Å². The van der Waals surface area contributed by atoms with Gasteiger partial charge in [-0.1, -0.05) is 0 Å². The van der Waals surface area contributed by atoms with Gasteiger partial charge in [-0.15, -0.1) is 0 Å². The third-order valence-corrected chi connectivity index (χ3v) is 6.82. The maximum absolute atomic E-state index is 13.1. The molecule has 1 aromatic rings. The Kier molecular flexibility index (Phi) is 4.68. The molecule has 2 saturated heterocycles. The highest BCUT2D eigenvalue weighted by atomic mass is 32.2. The highest BCUT2D eigenvalue weighted by molar-refractivity contribution is 7.89. The number of sulfonamides is 1. The number of benzene rings is 1. The zero-order valence-corrected chi connectivity index (χ0v) is 15.2. The van der Waals surface area contributed by atoms with Crippen LogP contribution in [0.5, 0.6) is 0 Å². The Morgan fingerprint density at radius 2 is 2.00 bits per heavy atom. The van der Waals surface area contributed by atoms with Crippen molar-refractivity contribution < 1.29 is 17.9 Å². The molecule has 24 heavy (non-hydrogen) atoms. The Hall–Kier alpha value is -1.44. The number of morpholine rings is 1. The van der Waals surface area contributed by atoms with Crippen molar-refractivity contribution >= 4 is 21.6 Å². The second kappa shape index (κ2) is 6.46. The third-order valence-electron chi connectivity index (χ3n) is 4.68. The summed E-state index contributed by atoms with van der Waals surface area (Å²) in [6.45, 7) is 6.97. The minimum Gasteiger partial charge on any atom is -0.375 e. The van der Waals surface area contributed by atoms with E-state index in [4.69, 9.17) is 4.74 Å². The van der Waals surface area contributed by atoms with Gasteiger partial charge in [0.1, 0.15) is 0 Å². The third kappa shape index (κ3) is 3.08. The Labute approximate surface area is 143 Å². The van der Waals surface area contributed by atoms with E-state index in [9.17, 15) is 13.2 Å². The average Bonchev–Trinajstić information content (AvgIpc) is 2.95. The Bertz CT molecular complexity index is 747. The molecule has 2 atom stereocenters. The number of anilines is 1. The van der Waals surface area contributed by atoms with Crippen LogP contribution < -0.4 is 4.90 Å². The predicted molar refractivity (Wildman–Crippen MR) is 91.5 cm³/mol. The number of hydrogen-bond acceptors (Lipinski definition) is 4. The molecule has 2 aliphatic rings. The molecule has 2 heterocycles. The van der Waals surface area contributed by atoms with E-state index < -0.39 is 10.0 Å². The van der Waals surface area contributed by atoms with Crippen LogP contribution in [-0.2, 0) is 19.6 Å². The van der Waals surface area contributed by atoms with Crippen LogP contribution in [0, 0.1) is 6.92 Å². The quantitative estimate of drug-likeness (QED) is 0.833. The summed E-state index contributed by atoms with van der Waals surface area (Å²) in [4.78, 5) is 13.9. The van der Waals surface area contributed by atoms with Crippen LogP contribution in [0.4, 0.5) is 5.69 Å². The highest BCUT2D eigenvalue weighted by Crippen LogP contribution is 2.29. The van der Waals surface area contributed by atoms with Crippen LogP contribution in [-0.4, -0.2) is 50.5 Å². The molecule has 7 heteroatoms. The van der Waals surface area contributed by atoms with E-state index >= 15 is 0 Å². The van der Waals surface area contributed by atoms with Gasteiger partial charge in [0.05, 0.1) is 17.6 Å². The lowest BCUT2D eigenvalue weighted by atomic mass is 10.2. The van der Waals surface area contributed by atoms with Crippen LogP contribution in [0.15, 0.2) is 23.1 Å². The number of carbonyl (C=O) groups excluding carboxylic acids is 1. The highest BCUT2D eigenvalue weighted by Gasteiger charge is 2.35. The fourth-order valence-electron chi connectivity index (χ4n) is 3.35. The van der Waals surface area contributed by atoms with Crippen LogP contribution in [0.25, 0.3) is 0 Å². The molecule has 2 aliphatic heterocycles. The fourth-order valence-corrected chi connectivity index (χ4v) is 5.25. The summed E-state index contributed by atoms with van der Waals surface area (Å²) < 4.78 is 33.1. The Morgan fingerprint density at radius 1 is 1.25 bits per heavy atom. The van der Waals surface area contributed by atoms with Crippen LogP contribution >= 0.6 is 0 Å². The summed E-state index contributed by atoms with van der Waals surface area (Å²) in [6, 6.07) is 4.96. The van der Waals surface area contributed by atoms with Gasteiger partial charge in [0.2, 0.25) is 15.9 Å². The summed E-state index contributed by atoms with van der Waals surface area (Å²) in [5, 5.41) is 0. The zero-order chi connectivity index (χ0) is 17.5. The zero-order valence-electron chi connectivity index (χ0n) is 14.4. The molecule has 132 valence electrons. The molecule has 2 fully saturated rings. The van der Waals surface area contributed by atoms with Crippen molar-refractivity contribution in [1.29, 1.82) is 0 Å². The first-order chi connectivity index (χ1) is 11.3. The molecule has 1 aromatic carbocycles. The minimum atomic E-state index is -3.58. The number of amides is 1. The van der Waals surface area contributed by atoms with Crippen molar-refractivity contribution in [2.75, 3.05) is 24.6 Å². The molecule has 0 aliphatic carbocycles. The van der Waals surface area contributed by atoms with Gasteiger partial charge in [-0.3, -0.25) is 4.79 Å². The van der Waals surface area contributed by atoms with E-state index in [-0.39, 0.29) is 18.1 Å². The lowest BCUT2D eigenvalue weighted by Crippen LogP contribution is -2.50. The normalized spacial score (nSPS) is 26.1. The Balaban J connectivity index is 1.92. The number of ether oxygens (including phenoxy) is 1. The van der Waals surface area contributed by atoms with Gasteiger partial charge in [0.15, 0.2) is 0 Å². The molecular weight excluding hydrogens is 328 g/mol. The summed E-state index contributed by atoms with van der Waals surface area (Å²) in [7, 11) is -3.58. The van der Waals surface area contributed by atoms with Crippen molar-refractivity contribution in [3.8, 4) is 0 Å². The average molecular weight is 352 g/mol. The maximum atomic E-state index is 13.1. The first-order valence-electron chi connectivity index (χ1n) is 8.35. The van der Waals surface area contributed by atoms with Gasteiger partial charge in [0.25, 0.3) is 0 Å². The van der Waals surface area contributed by atoms with Crippen molar-refractivity contribution in [2.45, 2.75) is 50.7 Å². The topological polar surface area (TPSA) is 66.9 Å². The summed E-state index contributed by atoms with van der Waals surface area (Å²) in [5.74, 6) is 0.0978. The second-order valence-corrected chi connectivity index (χ2v) is 8.53. The number of aryl methyl sites for hydroxylation is 1. The molecule has 0 N–H and O–H groups in total. The van der Waals surface area contributed by atoms with Gasteiger partial charge >= 0.3 is 0 Å². The smallest absolute Gasteiger partial charge is 0.243 e. The molecule has 6 nitrogen and oxygen atoms in total. The molecule has 0 spiro atoms. The van der Waals surface area contributed by atoms with Crippen molar-refractivity contribution in [1.82, 2.24) is 4.31 Å². The largest absolute Gasteiger partial charge is 0.375 e.